The smallest absolute Gasteiger partial charge is 0.150 e. The number of ether oxygens (including phenoxy) is 1. The normalized spacial score (nSPS) is 9.77. The molecule has 0 bridgehead atoms. The molecule has 0 aliphatic heterocycles. The molecule has 0 aromatic heterocycles. The van der Waals surface area contributed by atoms with Gasteiger partial charge in [0.25, 0.3) is 0 Å². The Labute approximate surface area is 82.5 Å². The van der Waals surface area contributed by atoms with Gasteiger partial charge in [-0.2, -0.15) is 0 Å². The first-order valence-corrected chi connectivity index (χ1v) is 4.42. The van der Waals surface area contributed by atoms with Gasteiger partial charge in [-0.05, 0) is 24.1 Å². The van der Waals surface area contributed by atoms with Crippen LogP contribution in [0.2, 0.25) is 5.02 Å². The van der Waals surface area contributed by atoms with Crippen LogP contribution in [-0.4, -0.2) is 13.4 Å². The lowest BCUT2D eigenvalue weighted by Crippen LogP contribution is -1.93. The van der Waals surface area contributed by atoms with E-state index in [1.165, 1.54) is 0 Å². The molecule has 0 aliphatic rings. The lowest BCUT2D eigenvalue weighted by atomic mass is 10.1. The predicted molar refractivity (Wildman–Crippen MR) is 52.8 cm³/mol. The summed E-state index contributed by atoms with van der Waals surface area (Å²) in [6.07, 6.45) is 1.58. The average molecular weight is 199 g/mol. The van der Waals surface area contributed by atoms with Gasteiger partial charge in [0.2, 0.25) is 0 Å². The Balaban J connectivity index is 3.28. The minimum Gasteiger partial charge on any atom is -0.495 e. The molecule has 0 saturated heterocycles. The molecular formula is C10H11ClO2. The van der Waals surface area contributed by atoms with Gasteiger partial charge in [-0.1, -0.05) is 18.5 Å². The molecule has 0 amide bonds. The highest BCUT2D eigenvalue weighted by Crippen LogP contribution is 2.29. The maximum Gasteiger partial charge on any atom is 0.150 e. The summed E-state index contributed by atoms with van der Waals surface area (Å²) in [4.78, 5) is 10.5. The molecule has 0 radical (unpaired) electrons. The van der Waals surface area contributed by atoms with Gasteiger partial charge in [-0.25, -0.2) is 0 Å². The molecule has 0 heterocycles. The number of aldehydes is 1. The molecule has 0 saturated carbocycles. The van der Waals surface area contributed by atoms with Crippen LogP contribution in [0.25, 0.3) is 0 Å². The molecule has 0 fully saturated rings. The molecule has 1 aromatic carbocycles. The van der Waals surface area contributed by atoms with Crippen LogP contribution in [0.1, 0.15) is 22.8 Å². The second-order valence-electron chi connectivity index (χ2n) is 2.67. The maximum absolute atomic E-state index is 10.5. The number of methoxy groups -OCH3 is 1. The number of rotatable bonds is 3. The van der Waals surface area contributed by atoms with Crippen molar-refractivity contribution in [3.05, 3.63) is 28.3 Å². The molecule has 3 heteroatoms. The predicted octanol–water partition coefficient (Wildman–Crippen LogP) is 2.72. The van der Waals surface area contributed by atoms with Crippen molar-refractivity contribution in [2.24, 2.45) is 0 Å². The number of hydrogen-bond donors (Lipinski definition) is 0. The fraction of sp³-hybridized carbons (Fsp3) is 0.300. The molecule has 0 spiro atoms. The van der Waals surface area contributed by atoms with Gasteiger partial charge in [0, 0.05) is 5.56 Å². The van der Waals surface area contributed by atoms with Crippen molar-refractivity contribution in [2.45, 2.75) is 13.3 Å². The van der Waals surface area contributed by atoms with Gasteiger partial charge < -0.3 is 4.74 Å². The van der Waals surface area contributed by atoms with Crippen molar-refractivity contribution in [3.8, 4) is 5.75 Å². The SMILES string of the molecule is CCc1cc(C=O)cc(Cl)c1OC. The number of aryl methyl sites for hydroxylation is 1. The summed E-state index contributed by atoms with van der Waals surface area (Å²) in [7, 11) is 1.57. The van der Waals surface area contributed by atoms with E-state index >= 15 is 0 Å². The third-order valence-electron chi connectivity index (χ3n) is 1.86. The lowest BCUT2D eigenvalue weighted by molar-refractivity contribution is 0.112. The maximum atomic E-state index is 10.5. The summed E-state index contributed by atoms with van der Waals surface area (Å²) in [5, 5.41) is 0.490. The Morgan fingerprint density at radius 1 is 1.54 bits per heavy atom. The standard InChI is InChI=1S/C10H11ClO2/c1-3-8-4-7(6-12)5-9(11)10(8)13-2/h4-6H,3H2,1-2H3. The van der Waals surface area contributed by atoms with E-state index in [0.29, 0.717) is 16.3 Å². The first-order valence-electron chi connectivity index (χ1n) is 4.04. The minimum atomic E-state index is 0.490. The van der Waals surface area contributed by atoms with Gasteiger partial charge in [0.1, 0.15) is 12.0 Å². The molecule has 2 nitrogen and oxygen atoms in total. The van der Waals surface area contributed by atoms with E-state index in [0.717, 1.165) is 18.3 Å². The van der Waals surface area contributed by atoms with Crippen LogP contribution >= 0.6 is 11.6 Å². The Kier molecular flexibility index (Phi) is 3.32. The molecule has 70 valence electrons. The Bertz CT molecular complexity index is 321. The quantitative estimate of drug-likeness (QED) is 0.699. The molecular weight excluding hydrogens is 188 g/mol. The molecule has 0 N–H and O–H groups in total. The van der Waals surface area contributed by atoms with E-state index in [2.05, 4.69) is 0 Å². The summed E-state index contributed by atoms with van der Waals surface area (Å²) in [6, 6.07) is 3.39. The molecule has 0 aliphatic carbocycles. The fourth-order valence-corrected chi connectivity index (χ4v) is 1.56. The van der Waals surface area contributed by atoms with E-state index in [9.17, 15) is 4.79 Å². The number of carbonyl (C=O) groups excluding carboxylic acids is 1. The summed E-state index contributed by atoms with van der Waals surface area (Å²) < 4.78 is 5.12. The van der Waals surface area contributed by atoms with Crippen LogP contribution in [0.4, 0.5) is 0 Å². The van der Waals surface area contributed by atoms with Crippen LogP contribution in [-0.2, 0) is 6.42 Å². The third-order valence-corrected chi connectivity index (χ3v) is 2.14. The van der Waals surface area contributed by atoms with Crippen molar-refractivity contribution in [3.63, 3.8) is 0 Å². The minimum absolute atomic E-state index is 0.490. The van der Waals surface area contributed by atoms with Gasteiger partial charge in [-0.15, -0.1) is 0 Å². The van der Waals surface area contributed by atoms with E-state index < -0.39 is 0 Å². The van der Waals surface area contributed by atoms with Crippen molar-refractivity contribution >= 4 is 17.9 Å². The molecule has 13 heavy (non-hydrogen) atoms. The average Bonchev–Trinajstić information content (AvgIpc) is 2.16. The van der Waals surface area contributed by atoms with Crippen LogP contribution in [0, 0.1) is 0 Å². The van der Waals surface area contributed by atoms with Gasteiger partial charge in [0.05, 0.1) is 12.1 Å². The van der Waals surface area contributed by atoms with E-state index in [1.807, 2.05) is 6.92 Å². The molecule has 0 atom stereocenters. The highest BCUT2D eigenvalue weighted by Gasteiger charge is 2.07. The molecule has 1 rings (SSSR count). The summed E-state index contributed by atoms with van der Waals surface area (Å²) in [5.41, 5.74) is 1.54. The zero-order chi connectivity index (χ0) is 9.84. The highest BCUT2D eigenvalue weighted by molar-refractivity contribution is 6.32. The van der Waals surface area contributed by atoms with Crippen LogP contribution in [0.5, 0.6) is 5.75 Å². The van der Waals surface area contributed by atoms with Crippen molar-refractivity contribution in [2.75, 3.05) is 7.11 Å². The lowest BCUT2D eigenvalue weighted by Gasteiger charge is -2.08. The largest absolute Gasteiger partial charge is 0.495 e. The summed E-state index contributed by atoms with van der Waals surface area (Å²) in [6.45, 7) is 1.99. The van der Waals surface area contributed by atoms with Crippen molar-refractivity contribution < 1.29 is 9.53 Å². The Hall–Kier alpha value is -1.02. The highest BCUT2D eigenvalue weighted by atomic mass is 35.5. The fourth-order valence-electron chi connectivity index (χ4n) is 1.23. The number of carbonyl (C=O) groups is 1. The summed E-state index contributed by atoms with van der Waals surface area (Å²) in [5.74, 6) is 0.662. The Morgan fingerprint density at radius 3 is 2.69 bits per heavy atom. The van der Waals surface area contributed by atoms with Gasteiger partial charge in [-0.3, -0.25) is 4.79 Å². The number of hydrogen-bond acceptors (Lipinski definition) is 2. The van der Waals surface area contributed by atoms with E-state index in [1.54, 1.807) is 19.2 Å². The summed E-state index contributed by atoms with van der Waals surface area (Å²) >= 11 is 5.91. The first kappa shape index (κ1) is 10.1. The second kappa shape index (κ2) is 4.28. The van der Waals surface area contributed by atoms with Crippen LogP contribution in [0.15, 0.2) is 12.1 Å². The topological polar surface area (TPSA) is 26.3 Å². The Morgan fingerprint density at radius 2 is 2.23 bits per heavy atom. The zero-order valence-corrected chi connectivity index (χ0v) is 8.39. The van der Waals surface area contributed by atoms with E-state index in [-0.39, 0.29) is 0 Å². The van der Waals surface area contributed by atoms with Crippen LogP contribution < -0.4 is 4.74 Å². The number of halogens is 1. The van der Waals surface area contributed by atoms with Gasteiger partial charge >= 0.3 is 0 Å². The molecule has 0 unspecified atom stereocenters. The van der Waals surface area contributed by atoms with Crippen molar-refractivity contribution in [1.29, 1.82) is 0 Å². The van der Waals surface area contributed by atoms with Crippen LogP contribution in [0.3, 0.4) is 0 Å². The van der Waals surface area contributed by atoms with Crippen molar-refractivity contribution in [1.82, 2.24) is 0 Å². The third kappa shape index (κ3) is 2.01. The number of benzene rings is 1. The zero-order valence-electron chi connectivity index (χ0n) is 7.63. The second-order valence-corrected chi connectivity index (χ2v) is 3.07. The van der Waals surface area contributed by atoms with E-state index in [4.69, 9.17) is 16.3 Å². The monoisotopic (exact) mass is 198 g/mol. The molecule has 1 aromatic rings. The first-order chi connectivity index (χ1) is 6.22. The van der Waals surface area contributed by atoms with Gasteiger partial charge in [0.15, 0.2) is 0 Å².